The molecule has 106 valence electrons. The van der Waals surface area contributed by atoms with Crippen molar-refractivity contribution in [3.63, 3.8) is 0 Å². The molecular formula is C15H19N3O2. The van der Waals surface area contributed by atoms with Crippen LogP contribution in [0.4, 0.5) is 5.69 Å². The van der Waals surface area contributed by atoms with Crippen LogP contribution in [0.5, 0.6) is 5.75 Å². The average molecular weight is 273 g/mol. The average Bonchev–Trinajstić information content (AvgIpc) is 2.88. The van der Waals surface area contributed by atoms with Crippen LogP contribution in [-0.2, 0) is 0 Å². The van der Waals surface area contributed by atoms with Crippen LogP contribution in [0.15, 0.2) is 36.7 Å². The maximum atomic E-state index is 12.1. The third kappa shape index (κ3) is 3.38. The minimum Gasteiger partial charge on any atom is -0.494 e. The van der Waals surface area contributed by atoms with Gasteiger partial charge in [-0.3, -0.25) is 9.48 Å². The molecule has 0 spiro atoms. The van der Waals surface area contributed by atoms with Gasteiger partial charge in [-0.15, -0.1) is 0 Å². The summed E-state index contributed by atoms with van der Waals surface area (Å²) >= 11 is 0. The van der Waals surface area contributed by atoms with Gasteiger partial charge < -0.3 is 10.1 Å². The first-order chi connectivity index (χ1) is 9.60. The van der Waals surface area contributed by atoms with E-state index in [0.717, 1.165) is 0 Å². The molecule has 1 aromatic heterocycles. The van der Waals surface area contributed by atoms with Crippen LogP contribution in [0.3, 0.4) is 0 Å². The number of rotatable bonds is 5. The molecule has 0 radical (unpaired) electrons. The number of nitrogens with zero attached hydrogens (tertiary/aromatic N) is 2. The summed E-state index contributed by atoms with van der Waals surface area (Å²) in [6.07, 6.45) is 3.46. The summed E-state index contributed by atoms with van der Waals surface area (Å²) in [5.74, 6) is 0.521. The van der Waals surface area contributed by atoms with E-state index in [4.69, 9.17) is 4.74 Å². The summed E-state index contributed by atoms with van der Waals surface area (Å²) in [6.45, 7) is 6.55. The molecule has 0 aliphatic heterocycles. The van der Waals surface area contributed by atoms with Crippen molar-refractivity contribution in [3.05, 3.63) is 42.2 Å². The molecule has 2 rings (SSSR count). The summed E-state index contributed by atoms with van der Waals surface area (Å²) in [6, 6.07) is 7.38. The lowest BCUT2D eigenvalue weighted by Crippen LogP contribution is -2.11. The molecule has 0 aliphatic rings. The van der Waals surface area contributed by atoms with Gasteiger partial charge in [0.15, 0.2) is 0 Å². The highest BCUT2D eigenvalue weighted by Gasteiger charge is 2.09. The second kappa shape index (κ2) is 6.23. The van der Waals surface area contributed by atoms with Crippen LogP contribution in [0.2, 0.25) is 0 Å². The molecule has 0 atom stereocenters. The van der Waals surface area contributed by atoms with E-state index in [9.17, 15) is 4.79 Å². The second-order valence-corrected chi connectivity index (χ2v) is 4.72. The zero-order valence-electron chi connectivity index (χ0n) is 12.0. The molecule has 5 nitrogen and oxygen atoms in total. The quantitative estimate of drug-likeness (QED) is 0.910. The van der Waals surface area contributed by atoms with Crippen molar-refractivity contribution in [2.45, 2.75) is 26.8 Å². The van der Waals surface area contributed by atoms with Gasteiger partial charge in [-0.2, -0.15) is 5.10 Å². The van der Waals surface area contributed by atoms with E-state index >= 15 is 0 Å². The Balaban J connectivity index is 2.09. The molecule has 1 N–H and O–H groups in total. The van der Waals surface area contributed by atoms with E-state index in [-0.39, 0.29) is 11.9 Å². The van der Waals surface area contributed by atoms with Gasteiger partial charge in [-0.1, -0.05) is 6.07 Å². The van der Waals surface area contributed by atoms with E-state index in [1.54, 1.807) is 29.1 Å². The Kier molecular flexibility index (Phi) is 4.40. The molecule has 20 heavy (non-hydrogen) atoms. The maximum absolute atomic E-state index is 12.1. The fraction of sp³-hybridized carbons (Fsp3) is 0.333. The number of nitrogens with one attached hydrogen (secondary N) is 1. The lowest BCUT2D eigenvalue weighted by atomic mass is 10.2. The SMILES string of the molecule is CCOc1cccc(C(=O)Nc2cnn(C(C)C)c2)c1. The summed E-state index contributed by atoms with van der Waals surface area (Å²) in [4.78, 5) is 12.1. The lowest BCUT2D eigenvalue weighted by Gasteiger charge is -2.06. The third-order valence-electron chi connectivity index (χ3n) is 2.80. The van der Waals surface area contributed by atoms with E-state index in [1.165, 1.54) is 0 Å². The predicted molar refractivity (Wildman–Crippen MR) is 78.2 cm³/mol. The van der Waals surface area contributed by atoms with Crippen LogP contribution in [-0.4, -0.2) is 22.3 Å². The number of carbonyl (C=O) groups excluding carboxylic acids is 1. The molecule has 2 aromatic rings. The number of amides is 1. The number of anilines is 1. The van der Waals surface area contributed by atoms with E-state index in [0.29, 0.717) is 23.6 Å². The zero-order valence-corrected chi connectivity index (χ0v) is 12.0. The van der Waals surface area contributed by atoms with Crippen molar-refractivity contribution in [1.29, 1.82) is 0 Å². The Morgan fingerprint density at radius 2 is 2.25 bits per heavy atom. The highest BCUT2D eigenvalue weighted by molar-refractivity contribution is 6.04. The zero-order chi connectivity index (χ0) is 14.5. The van der Waals surface area contributed by atoms with Crippen LogP contribution in [0.1, 0.15) is 37.2 Å². The van der Waals surface area contributed by atoms with Crippen molar-refractivity contribution < 1.29 is 9.53 Å². The van der Waals surface area contributed by atoms with E-state index < -0.39 is 0 Å². The van der Waals surface area contributed by atoms with E-state index in [1.807, 2.05) is 33.0 Å². The molecule has 0 fully saturated rings. The Hall–Kier alpha value is -2.30. The van der Waals surface area contributed by atoms with Crippen molar-refractivity contribution in [3.8, 4) is 5.75 Å². The Bertz CT molecular complexity index is 590. The van der Waals surface area contributed by atoms with Crippen LogP contribution in [0.25, 0.3) is 0 Å². The topological polar surface area (TPSA) is 56.1 Å². The van der Waals surface area contributed by atoms with Crippen molar-refractivity contribution in [2.24, 2.45) is 0 Å². The predicted octanol–water partition coefficient (Wildman–Crippen LogP) is 3.12. The number of hydrogen-bond acceptors (Lipinski definition) is 3. The standard InChI is InChI=1S/C15H19N3O2/c1-4-20-14-7-5-6-12(8-14)15(19)17-13-9-16-18(10-13)11(2)3/h5-11H,4H2,1-3H3,(H,17,19). The van der Waals surface area contributed by atoms with Crippen molar-refractivity contribution in [2.75, 3.05) is 11.9 Å². The normalized spacial score (nSPS) is 10.6. The molecule has 0 bridgehead atoms. The molecular weight excluding hydrogens is 254 g/mol. The largest absolute Gasteiger partial charge is 0.494 e. The van der Waals surface area contributed by atoms with Gasteiger partial charge in [0.2, 0.25) is 0 Å². The molecule has 0 unspecified atom stereocenters. The molecule has 1 heterocycles. The molecule has 5 heteroatoms. The van der Waals surface area contributed by atoms with Gasteiger partial charge >= 0.3 is 0 Å². The molecule has 0 saturated carbocycles. The molecule has 1 amide bonds. The minimum atomic E-state index is -0.171. The minimum absolute atomic E-state index is 0.171. The van der Waals surface area contributed by atoms with Crippen molar-refractivity contribution >= 4 is 11.6 Å². The Labute approximate surface area is 118 Å². The summed E-state index contributed by atoms with van der Waals surface area (Å²) < 4.78 is 7.18. The number of carbonyl (C=O) groups is 1. The summed E-state index contributed by atoms with van der Waals surface area (Å²) in [5, 5.41) is 7.01. The van der Waals surface area contributed by atoms with Gasteiger partial charge in [-0.05, 0) is 39.0 Å². The molecule has 0 saturated heterocycles. The second-order valence-electron chi connectivity index (χ2n) is 4.72. The fourth-order valence-electron chi connectivity index (χ4n) is 1.78. The number of ether oxygens (including phenoxy) is 1. The highest BCUT2D eigenvalue weighted by Crippen LogP contribution is 2.16. The van der Waals surface area contributed by atoms with Gasteiger partial charge in [0, 0.05) is 17.8 Å². The fourth-order valence-corrected chi connectivity index (χ4v) is 1.78. The first-order valence-corrected chi connectivity index (χ1v) is 6.68. The first-order valence-electron chi connectivity index (χ1n) is 6.68. The van der Waals surface area contributed by atoms with Gasteiger partial charge in [0.1, 0.15) is 5.75 Å². The highest BCUT2D eigenvalue weighted by atomic mass is 16.5. The number of aromatic nitrogens is 2. The number of benzene rings is 1. The van der Waals surface area contributed by atoms with E-state index in [2.05, 4.69) is 10.4 Å². The van der Waals surface area contributed by atoms with Gasteiger partial charge in [0.05, 0.1) is 18.5 Å². The lowest BCUT2D eigenvalue weighted by molar-refractivity contribution is 0.102. The van der Waals surface area contributed by atoms with Gasteiger partial charge in [0.25, 0.3) is 5.91 Å². The Morgan fingerprint density at radius 1 is 1.45 bits per heavy atom. The first kappa shape index (κ1) is 14.1. The third-order valence-corrected chi connectivity index (χ3v) is 2.80. The van der Waals surface area contributed by atoms with Crippen molar-refractivity contribution in [1.82, 2.24) is 9.78 Å². The Morgan fingerprint density at radius 3 is 2.90 bits per heavy atom. The molecule has 1 aromatic carbocycles. The van der Waals surface area contributed by atoms with Crippen LogP contribution < -0.4 is 10.1 Å². The molecule has 0 aliphatic carbocycles. The summed E-state index contributed by atoms with van der Waals surface area (Å²) in [7, 11) is 0. The monoisotopic (exact) mass is 273 g/mol. The maximum Gasteiger partial charge on any atom is 0.255 e. The summed E-state index contributed by atoms with van der Waals surface area (Å²) in [5.41, 5.74) is 1.25. The van der Waals surface area contributed by atoms with Crippen LogP contribution >= 0.6 is 0 Å². The van der Waals surface area contributed by atoms with Crippen LogP contribution in [0, 0.1) is 0 Å². The smallest absolute Gasteiger partial charge is 0.255 e. The van der Waals surface area contributed by atoms with Gasteiger partial charge in [-0.25, -0.2) is 0 Å². The number of hydrogen-bond donors (Lipinski definition) is 1.